The summed E-state index contributed by atoms with van der Waals surface area (Å²) in [7, 11) is 0. The standard InChI is InChI=1S/C10H14N4O2/c15-10(12-9-4-11-14-13-9)8-2-1-7-3-6(8)5-16-7/h4,6-8H,1-3,5H2,(H2,11,12,13,14,15)/t6-,7+,8-/m1/s1. The molecule has 86 valence electrons. The van der Waals surface area contributed by atoms with Crippen LogP contribution in [0.4, 0.5) is 5.82 Å². The fraction of sp³-hybridized carbons (Fsp3) is 0.700. The SMILES string of the molecule is O=C(Nc1cn[nH]n1)[C@@H]1CC[C@H]2C[C@@H]1CO2. The zero-order valence-corrected chi connectivity index (χ0v) is 8.85. The highest BCUT2D eigenvalue weighted by Crippen LogP contribution is 2.37. The van der Waals surface area contributed by atoms with Gasteiger partial charge in [0.05, 0.1) is 18.9 Å². The summed E-state index contributed by atoms with van der Waals surface area (Å²) in [5, 5.41) is 12.7. The van der Waals surface area contributed by atoms with Crippen molar-refractivity contribution in [3.63, 3.8) is 0 Å². The molecular weight excluding hydrogens is 208 g/mol. The Morgan fingerprint density at radius 1 is 1.56 bits per heavy atom. The molecule has 1 aliphatic carbocycles. The van der Waals surface area contributed by atoms with Crippen LogP contribution >= 0.6 is 0 Å². The van der Waals surface area contributed by atoms with E-state index in [1.165, 1.54) is 6.20 Å². The normalized spacial score (nSPS) is 32.6. The first-order valence-electron chi connectivity index (χ1n) is 5.61. The van der Waals surface area contributed by atoms with Crippen LogP contribution in [-0.4, -0.2) is 34.0 Å². The molecule has 16 heavy (non-hydrogen) atoms. The summed E-state index contributed by atoms with van der Waals surface area (Å²) in [5.41, 5.74) is 0. The van der Waals surface area contributed by atoms with Crippen LogP contribution in [0, 0.1) is 11.8 Å². The van der Waals surface area contributed by atoms with Crippen LogP contribution in [0.1, 0.15) is 19.3 Å². The number of anilines is 1. The van der Waals surface area contributed by atoms with E-state index in [-0.39, 0.29) is 11.8 Å². The van der Waals surface area contributed by atoms with Crippen LogP contribution in [-0.2, 0) is 9.53 Å². The van der Waals surface area contributed by atoms with Crippen LogP contribution in [0.5, 0.6) is 0 Å². The monoisotopic (exact) mass is 222 g/mol. The Morgan fingerprint density at radius 3 is 3.31 bits per heavy atom. The molecule has 1 aliphatic heterocycles. The minimum atomic E-state index is 0.0443. The van der Waals surface area contributed by atoms with E-state index < -0.39 is 0 Å². The maximum Gasteiger partial charge on any atom is 0.229 e. The second-order valence-electron chi connectivity index (χ2n) is 4.48. The van der Waals surface area contributed by atoms with Crippen LogP contribution in [0.2, 0.25) is 0 Å². The first-order chi connectivity index (χ1) is 7.83. The summed E-state index contributed by atoms with van der Waals surface area (Å²) in [5.74, 6) is 0.981. The Balaban J connectivity index is 1.66. The third-order valence-corrected chi connectivity index (χ3v) is 3.48. The molecule has 0 unspecified atom stereocenters. The lowest BCUT2D eigenvalue weighted by Crippen LogP contribution is -2.32. The minimum Gasteiger partial charge on any atom is -0.378 e. The number of rotatable bonds is 2. The van der Waals surface area contributed by atoms with Gasteiger partial charge < -0.3 is 10.1 Å². The van der Waals surface area contributed by atoms with Crippen LogP contribution < -0.4 is 5.32 Å². The number of nitrogens with one attached hydrogen (secondary N) is 2. The highest BCUT2D eigenvalue weighted by Gasteiger charge is 2.40. The van der Waals surface area contributed by atoms with Crippen LogP contribution in [0.15, 0.2) is 6.20 Å². The maximum absolute atomic E-state index is 12.0. The van der Waals surface area contributed by atoms with Gasteiger partial charge in [-0.25, -0.2) is 0 Å². The summed E-state index contributed by atoms with van der Waals surface area (Å²) in [6.07, 6.45) is 4.83. The number of H-pyrrole nitrogens is 1. The van der Waals surface area contributed by atoms with Gasteiger partial charge in [-0.3, -0.25) is 4.79 Å². The number of hydrogen-bond acceptors (Lipinski definition) is 4. The molecule has 1 aromatic heterocycles. The van der Waals surface area contributed by atoms with E-state index in [0.717, 1.165) is 25.9 Å². The smallest absolute Gasteiger partial charge is 0.229 e. The largest absolute Gasteiger partial charge is 0.378 e. The molecule has 6 heteroatoms. The Hall–Kier alpha value is -1.43. The predicted molar refractivity (Wildman–Crippen MR) is 55.6 cm³/mol. The lowest BCUT2D eigenvalue weighted by atomic mass is 9.80. The van der Waals surface area contributed by atoms with Gasteiger partial charge in [-0.15, -0.1) is 5.10 Å². The van der Waals surface area contributed by atoms with Gasteiger partial charge in [0.2, 0.25) is 5.91 Å². The summed E-state index contributed by atoms with van der Waals surface area (Å²) < 4.78 is 5.58. The van der Waals surface area contributed by atoms with Gasteiger partial charge >= 0.3 is 0 Å². The average molecular weight is 222 g/mol. The number of hydrogen-bond donors (Lipinski definition) is 2. The van der Waals surface area contributed by atoms with Crippen molar-refractivity contribution < 1.29 is 9.53 Å². The molecule has 1 aromatic rings. The Labute approximate surface area is 92.7 Å². The first-order valence-corrected chi connectivity index (χ1v) is 5.61. The molecule has 1 amide bonds. The van der Waals surface area contributed by atoms with E-state index >= 15 is 0 Å². The van der Waals surface area contributed by atoms with Gasteiger partial charge in [0.1, 0.15) is 0 Å². The zero-order chi connectivity index (χ0) is 11.0. The van der Waals surface area contributed by atoms with Crippen LogP contribution in [0.25, 0.3) is 0 Å². The molecule has 6 nitrogen and oxygen atoms in total. The van der Waals surface area contributed by atoms with Gasteiger partial charge in [-0.2, -0.15) is 10.3 Å². The molecule has 2 heterocycles. The number of ether oxygens (including phenoxy) is 1. The fourth-order valence-corrected chi connectivity index (χ4v) is 2.64. The van der Waals surface area contributed by atoms with E-state index in [9.17, 15) is 4.79 Å². The van der Waals surface area contributed by atoms with Gasteiger partial charge in [-0.1, -0.05) is 0 Å². The highest BCUT2D eigenvalue weighted by molar-refractivity contribution is 5.91. The Morgan fingerprint density at radius 2 is 2.50 bits per heavy atom. The lowest BCUT2D eigenvalue weighted by molar-refractivity contribution is -0.122. The summed E-state index contributed by atoms with van der Waals surface area (Å²) in [4.78, 5) is 12.0. The lowest BCUT2D eigenvalue weighted by Gasteiger charge is -2.25. The van der Waals surface area contributed by atoms with Gasteiger partial charge in [0.25, 0.3) is 0 Å². The van der Waals surface area contributed by atoms with Gasteiger partial charge in [0.15, 0.2) is 5.82 Å². The molecule has 2 bridgehead atoms. The number of carbonyl (C=O) groups is 1. The van der Waals surface area contributed by atoms with Crippen molar-refractivity contribution in [1.29, 1.82) is 0 Å². The highest BCUT2D eigenvalue weighted by atomic mass is 16.5. The molecule has 3 atom stereocenters. The maximum atomic E-state index is 12.0. The van der Waals surface area contributed by atoms with Crippen molar-refractivity contribution in [1.82, 2.24) is 15.4 Å². The Kier molecular flexibility index (Phi) is 2.36. The van der Waals surface area contributed by atoms with Crippen molar-refractivity contribution >= 4 is 11.7 Å². The number of aromatic nitrogens is 3. The first kappa shape index (κ1) is 9.77. The zero-order valence-electron chi connectivity index (χ0n) is 8.85. The average Bonchev–Trinajstić information content (AvgIpc) is 2.90. The molecule has 1 saturated carbocycles. The van der Waals surface area contributed by atoms with E-state index in [1.54, 1.807) is 0 Å². The second-order valence-corrected chi connectivity index (χ2v) is 4.48. The van der Waals surface area contributed by atoms with E-state index in [1.807, 2.05) is 0 Å². The number of fused-ring (bicyclic) bond motifs is 2. The minimum absolute atomic E-state index is 0.0443. The summed E-state index contributed by atoms with van der Waals surface area (Å²) in [6, 6.07) is 0. The topological polar surface area (TPSA) is 79.9 Å². The molecule has 0 aromatic carbocycles. The number of aromatic amines is 1. The molecule has 3 rings (SSSR count). The molecule has 0 spiro atoms. The molecule has 1 saturated heterocycles. The van der Waals surface area contributed by atoms with E-state index in [4.69, 9.17) is 4.74 Å². The molecule has 2 fully saturated rings. The number of amides is 1. The quantitative estimate of drug-likeness (QED) is 0.766. The Bertz CT molecular complexity index is 378. The molecule has 0 radical (unpaired) electrons. The van der Waals surface area contributed by atoms with Gasteiger partial charge in [0, 0.05) is 5.92 Å². The molecular formula is C10H14N4O2. The summed E-state index contributed by atoms with van der Waals surface area (Å²) in [6.45, 7) is 0.724. The number of carbonyl (C=O) groups excluding carboxylic acids is 1. The van der Waals surface area contributed by atoms with Crippen molar-refractivity contribution in [2.75, 3.05) is 11.9 Å². The predicted octanol–water partition coefficient (Wildman–Crippen LogP) is 0.558. The second kappa shape index (κ2) is 3.86. The molecule has 2 N–H and O–H groups in total. The third kappa shape index (κ3) is 1.69. The fourth-order valence-electron chi connectivity index (χ4n) is 2.64. The van der Waals surface area contributed by atoms with Crippen LogP contribution in [0.3, 0.4) is 0 Å². The van der Waals surface area contributed by atoms with E-state index in [2.05, 4.69) is 20.7 Å². The molecule has 2 aliphatic rings. The van der Waals surface area contributed by atoms with Crippen molar-refractivity contribution in [3.05, 3.63) is 6.20 Å². The van der Waals surface area contributed by atoms with Crippen molar-refractivity contribution in [3.8, 4) is 0 Å². The van der Waals surface area contributed by atoms with Crippen molar-refractivity contribution in [2.45, 2.75) is 25.4 Å². The summed E-state index contributed by atoms with van der Waals surface area (Å²) >= 11 is 0. The van der Waals surface area contributed by atoms with E-state index in [0.29, 0.717) is 17.8 Å². The van der Waals surface area contributed by atoms with Gasteiger partial charge in [-0.05, 0) is 25.2 Å². The number of nitrogens with zero attached hydrogens (tertiary/aromatic N) is 2. The third-order valence-electron chi connectivity index (χ3n) is 3.48. The van der Waals surface area contributed by atoms with Crippen molar-refractivity contribution in [2.24, 2.45) is 11.8 Å².